The number of nitriles is 8. The Labute approximate surface area is 454 Å². The fourth-order valence-electron chi connectivity index (χ4n) is 6.99. The summed E-state index contributed by atoms with van der Waals surface area (Å²) in [4.78, 5) is 54.6. The highest BCUT2D eigenvalue weighted by Gasteiger charge is 2.23. The molecule has 0 atom stereocenters. The van der Waals surface area contributed by atoms with Crippen molar-refractivity contribution in [1.82, 2.24) is 29.9 Å². The number of hydrogen-bond acceptors (Lipinski definition) is 20. The van der Waals surface area contributed by atoms with E-state index < -0.39 is 7.12 Å². The quantitative estimate of drug-likeness (QED) is 0.128. The zero-order valence-corrected chi connectivity index (χ0v) is 40.6. The van der Waals surface area contributed by atoms with Crippen molar-refractivity contribution in [3.63, 3.8) is 0 Å². The molecule has 0 bridgehead atoms. The van der Waals surface area contributed by atoms with Gasteiger partial charge in [-0.3, -0.25) is 0 Å². The Bertz CT molecular complexity index is 4500. The zero-order chi connectivity index (χ0) is 56.9. The van der Waals surface area contributed by atoms with Gasteiger partial charge in [0.25, 0.3) is 0 Å². The van der Waals surface area contributed by atoms with Crippen LogP contribution >= 0.6 is 23.2 Å². The molecule has 0 saturated heterocycles. The first-order valence-corrected chi connectivity index (χ1v) is 22.0. The van der Waals surface area contributed by atoms with E-state index in [1.54, 1.807) is 36.4 Å². The summed E-state index contributed by atoms with van der Waals surface area (Å²) in [6.07, 6.45) is 0. The summed E-state index contributed by atoms with van der Waals surface area (Å²) >= 11 is 11.5. The zero-order valence-electron chi connectivity index (χ0n) is 39.1. The third-order valence-electron chi connectivity index (χ3n) is 10.4. The standard InChI is InChI=1S/C30H8N12.C14H2Cl2N8.C8H5BN2O2/c1-35-21-10-18(14-33)9-20(11-21)27-40-26(19-7-16(12-31)6-17(8-19)13-32)41-28(42-27)22-4-5-24-25(23(22)15-34)39-30(38-24)29(36-2)37-3;15-13-22-12(23-14(16)24-13)7-1-2-9-10(8(7)5-19)21-11(20-9)6(3-17)4-18;1-11-8-3-6(5-10)2-7(4-8)9(12)13/h4-11H;1-2H;2-4,12-13H. The summed E-state index contributed by atoms with van der Waals surface area (Å²) in [7, 11) is -1.64. The highest BCUT2D eigenvalue weighted by atomic mass is 35.5. The fraction of sp³-hybridized carbons (Fsp3) is 0. The molecule has 2 aromatic heterocycles. The molecule has 0 fully saturated rings. The first-order valence-electron chi connectivity index (χ1n) is 21.3. The van der Waals surface area contributed by atoms with E-state index in [0.29, 0.717) is 22.0 Å². The van der Waals surface area contributed by atoms with Crippen LogP contribution in [0.15, 0.2) is 122 Å². The normalized spacial score (nSPS) is 10.5. The van der Waals surface area contributed by atoms with Crippen LogP contribution in [0.5, 0.6) is 0 Å². The molecule has 0 spiro atoms. The lowest BCUT2D eigenvalue weighted by molar-refractivity contribution is 0.426. The van der Waals surface area contributed by atoms with Crippen molar-refractivity contribution in [2.45, 2.75) is 0 Å². The molecule has 9 rings (SSSR count). The number of benzene rings is 5. The molecular formula is C52H15BCl2N22O2. The summed E-state index contributed by atoms with van der Waals surface area (Å²) in [5.74, 6) is -0.260. The molecule has 362 valence electrons. The Balaban J connectivity index is 0.000000203. The van der Waals surface area contributed by atoms with Gasteiger partial charge < -0.3 is 10.0 Å². The molecule has 0 aliphatic carbocycles. The molecule has 79 heavy (non-hydrogen) atoms. The largest absolute Gasteiger partial charge is 0.564 e. The molecule has 0 unspecified atom stereocenters. The number of hydrogen-bond donors (Lipinski definition) is 2. The average Bonchev–Trinajstić information content (AvgIpc) is 4.14. The third kappa shape index (κ3) is 11.7. The number of fused-ring (bicyclic) bond motifs is 2. The Morgan fingerprint density at radius 1 is 0.468 bits per heavy atom. The third-order valence-corrected chi connectivity index (χ3v) is 10.7. The van der Waals surface area contributed by atoms with Crippen LogP contribution in [0.1, 0.15) is 33.4 Å². The molecule has 2 N–H and O–H groups in total. The van der Waals surface area contributed by atoms with Crippen LogP contribution in [0, 0.1) is 117 Å². The van der Waals surface area contributed by atoms with Gasteiger partial charge >= 0.3 is 12.9 Å². The van der Waals surface area contributed by atoms with Gasteiger partial charge in [0, 0.05) is 33.4 Å². The molecule has 27 heteroatoms. The topological polar surface area (TPSA) is 375 Å². The number of rotatable bonds is 5. The van der Waals surface area contributed by atoms with Crippen molar-refractivity contribution < 1.29 is 10.0 Å². The highest BCUT2D eigenvalue weighted by Crippen LogP contribution is 2.30. The monoisotopic (exact) mass is 1060 g/mol. The summed E-state index contributed by atoms with van der Waals surface area (Å²) in [5, 5.41) is 92.9. The summed E-state index contributed by atoms with van der Waals surface area (Å²) < 4.78 is 0. The maximum Gasteiger partial charge on any atom is 0.564 e. The van der Waals surface area contributed by atoms with Crippen LogP contribution in [0.2, 0.25) is 10.6 Å². The SMILES string of the molecule is N#CC(C#N)=C1N=c2ccc(-c3nc(Cl)nc(Cl)n3)c(C#N)c2=N1.[C-]#[N+]C([N+]#[C-])=C1N=c2ccc(-c3nc(-c4cc(C#N)cc(C#N)c4)nc(-c4cc(C#N)cc([N+]#[C-])c4)n3)c(C#N)c2=N1.[C-]#[N+]c1cc(C#N)cc(B(O)O)c1. The van der Waals surface area contributed by atoms with Gasteiger partial charge in [-0.05, 0) is 101 Å². The molecule has 24 nitrogen and oxygen atoms in total. The van der Waals surface area contributed by atoms with E-state index in [1.165, 1.54) is 54.6 Å². The van der Waals surface area contributed by atoms with Gasteiger partial charge in [0.2, 0.25) is 16.4 Å². The Morgan fingerprint density at radius 2 is 0.899 bits per heavy atom. The van der Waals surface area contributed by atoms with Gasteiger partial charge in [-0.1, -0.05) is 6.07 Å². The minimum atomic E-state index is -1.64. The smallest absolute Gasteiger partial charge is 0.423 e. The van der Waals surface area contributed by atoms with Crippen LogP contribution in [-0.2, 0) is 0 Å². The van der Waals surface area contributed by atoms with Crippen LogP contribution in [0.4, 0.5) is 11.4 Å². The highest BCUT2D eigenvalue weighted by molar-refractivity contribution is 6.58. The number of aromatic nitrogens is 6. The van der Waals surface area contributed by atoms with Crippen LogP contribution < -0.4 is 26.9 Å². The second-order valence-corrected chi connectivity index (χ2v) is 15.8. The van der Waals surface area contributed by atoms with Crippen molar-refractivity contribution in [2.24, 2.45) is 20.0 Å². The van der Waals surface area contributed by atoms with Crippen molar-refractivity contribution in [1.29, 1.82) is 42.1 Å². The van der Waals surface area contributed by atoms with Crippen molar-refractivity contribution in [2.75, 3.05) is 0 Å². The lowest BCUT2D eigenvalue weighted by Gasteiger charge is -2.10. The van der Waals surface area contributed by atoms with Crippen LogP contribution in [-0.4, -0.2) is 47.1 Å². The molecule has 0 radical (unpaired) electrons. The van der Waals surface area contributed by atoms with E-state index in [0.717, 1.165) is 0 Å². The number of allylic oxidation sites excluding steroid dienone is 1. The Morgan fingerprint density at radius 3 is 1.35 bits per heavy atom. The van der Waals surface area contributed by atoms with E-state index in [1.807, 2.05) is 30.3 Å². The van der Waals surface area contributed by atoms with E-state index in [-0.39, 0.29) is 129 Å². The van der Waals surface area contributed by atoms with Crippen LogP contribution in [0.25, 0.3) is 64.9 Å². The van der Waals surface area contributed by atoms with E-state index in [2.05, 4.69) is 75.3 Å². The van der Waals surface area contributed by atoms with Crippen LogP contribution in [0.3, 0.4) is 0 Å². The molecule has 0 amide bonds. The molecule has 0 saturated carbocycles. The predicted molar refractivity (Wildman–Crippen MR) is 272 cm³/mol. The van der Waals surface area contributed by atoms with Gasteiger partial charge in [0.1, 0.15) is 48.1 Å². The molecule has 2 aliphatic rings. The average molecular weight is 1060 g/mol. The maximum atomic E-state index is 10.1. The summed E-state index contributed by atoms with van der Waals surface area (Å²) in [6, 6.07) is 34.4. The second kappa shape index (κ2) is 23.9. The van der Waals surface area contributed by atoms with Gasteiger partial charge in [0.05, 0.1) is 70.4 Å². The maximum absolute atomic E-state index is 10.1. The van der Waals surface area contributed by atoms with Gasteiger partial charge in [-0.15, -0.1) is 0 Å². The van der Waals surface area contributed by atoms with E-state index in [4.69, 9.17) is 75.3 Å². The molecular weight excluding hydrogens is 1050 g/mol. The minimum Gasteiger partial charge on any atom is -0.423 e. The molecule has 4 heterocycles. The summed E-state index contributed by atoms with van der Waals surface area (Å²) in [5.41, 5.74) is 2.50. The lowest BCUT2D eigenvalue weighted by atomic mass is 9.79. The van der Waals surface area contributed by atoms with Gasteiger partial charge in [0.15, 0.2) is 46.1 Å². The first kappa shape index (κ1) is 54.0. The number of halogens is 2. The molecule has 7 aromatic rings. The van der Waals surface area contributed by atoms with Gasteiger partial charge in [-0.25, -0.2) is 44.6 Å². The van der Waals surface area contributed by atoms with E-state index >= 15 is 0 Å². The second-order valence-electron chi connectivity index (χ2n) is 15.1. The Kier molecular flexibility index (Phi) is 16.3. The summed E-state index contributed by atoms with van der Waals surface area (Å²) in [6.45, 7) is 28.5. The first-order chi connectivity index (χ1) is 38.2. The van der Waals surface area contributed by atoms with Crippen molar-refractivity contribution in [3.05, 3.63) is 213 Å². The van der Waals surface area contributed by atoms with Gasteiger partial charge in [-0.2, -0.15) is 66.7 Å². The van der Waals surface area contributed by atoms with Crippen molar-refractivity contribution >= 4 is 47.2 Å². The predicted octanol–water partition coefficient (Wildman–Crippen LogP) is 5.15. The Hall–Kier alpha value is -12.8. The minimum absolute atomic E-state index is 0.0187. The van der Waals surface area contributed by atoms with E-state index in [9.17, 15) is 26.3 Å². The van der Waals surface area contributed by atoms with Crippen molar-refractivity contribution in [3.8, 4) is 94.1 Å². The lowest BCUT2D eigenvalue weighted by Crippen LogP contribution is -2.29. The molecule has 5 aromatic carbocycles. The number of nitrogens with zero attached hydrogens (tertiary/aromatic N) is 22. The fourth-order valence-corrected chi connectivity index (χ4v) is 7.35. The molecule has 2 aliphatic heterocycles.